The molecule has 0 saturated heterocycles. The number of ketones is 2. The summed E-state index contributed by atoms with van der Waals surface area (Å²) in [4.78, 5) is 61.3. The average molecular weight is 421 g/mol. The molecule has 0 unspecified atom stereocenters. The Balaban J connectivity index is 3.70. The molecule has 0 N–H and O–H groups in total. The van der Waals surface area contributed by atoms with E-state index in [1.165, 1.54) is 18.2 Å². The van der Waals surface area contributed by atoms with Crippen LogP contribution in [0.5, 0.6) is 0 Å². The molecule has 0 bridgehead atoms. The molecule has 0 radical (unpaired) electrons. The van der Waals surface area contributed by atoms with Crippen LogP contribution in [0.3, 0.4) is 0 Å². The van der Waals surface area contributed by atoms with Crippen molar-refractivity contribution >= 4 is 29.2 Å². The second kappa shape index (κ2) is 10.1. The fraction of sp³-hybridized carbons (Fsp3) is 0.524. The lowest BCUT2D eigenvalue weighted by atomic mass is 9.70. The number of non-ortho nitro benzene ring substituents is 1. The minimum Gasteiger partial charge on any atom is -0.462 e. The Morgan fingerprint density at radius 3 is 2.03 bits per heavy atom. The van der Waals surface area contributed by atoms with Crippen molar-refractivity contribution in [2.45, 2.75) is 65.6 Å². The summed E-state index contributed by atoms with van der Waals surface area (Å²) in [5.41, 5.74) is -2.47. The molecular weight excluding hydrogens is 394 g/mol. The van der Waals surface area contributed by atoms with Gasteiger partial charge in [-0.1, -0.05) is 12.1 Å². The minimum atomic E-state index is -2.09. The summed E-state index contributed by atoms with van der Waals surface area (Å²) in [7, 11) is 0. The van der Waals surface area contributed by atoms with Crippen molar-refractivity contribution in [3.63, 3.8) is 0 Å². The van der Waals surface area contributed by atoms with Gasteiger partial charge < -0.3 is 9.47 Å². The van der Waals surface area contributed by atoms with E-state index in [4.69, 9.17) is 9.47 Å². The van der Waals surface area contributed by atoms with E-state index in [-0.39, 0.29) is 11.3 Å². The lowest BCUT2D eigenvalue weighted by molar-refractivity contribution is -0.384. The Kier molecular flexibility index (Phi) is 8.38. The first-order valence-corrected chi connectivity index (χ1v) is 9.50. The van der Waals surface area contributed by atoms with Gasteiger partial charge in [0.05, 0.1) is 17.1 Å². The predicted octanol–water partition coefficient (Wildman–Crippen LogP) is 2.92. The maximum absolute atomic E-state index is 13.1. The topological polar surface area (TPSA) is 130 Å². The summed E-state index contributed by atoms with van der Waals surface area (Å²) in [6.07, 6.45) is -1.68. The van der Waals surface area contributed by atoms with Gasteiger partial charge in [-0.05, 0) is 53.5 Å². The molecule has 0 fully saturated rings. The second-order valence-corrected chi connectivity index (χ2v) is 7.58. The number of carbonyl (C=O) groups is 4. The van der Waals surface area contributed by atoms with E-state index in [2.05, 4.69) is 0 Å². The number of nitro benzene ring substituents is 1. The van der Waals surface area contributed by atoms with Crippen LogP contribution in [0, 0.1) is 16.0 Å². The summed E-state index contributed by atoms with van der Waals surface area (Å²) in [5.74, 6) is -4.62. The van der Waals surface area contributed by atoms with E-state index < -0.39 is 58.4 Å². The Morgan fingerprint density at radius 1 is 1.03 bits per heavy atom. The molecule has 1 aromatic rings. The molecule has 0 aromatic heterocycles. The standard InChI is InChI=1S/C21H27NO8/c1-12(2)29-19(25)18(14(5)23)11-21(15(6)24,20(26)30-13(3)4)16-8-7-9-17(10-16)22(27)28/h7-10,12-13,18H,11H2,1-6H3/t18-,21-/m0/s1. The average Bonchev–Trinajstić information content (AvgIpc) is 2.60. The lowest BCUT2D eigenvalue weighted by Crippen LogP contribution is -2.48. The highest BCUT2D eigenvalue weighted by molar-refractivity contribution is 6.10. The number of nitrogens with zero attached hydrogens (tertiary/aromatic N) is 1. The smallest absolute Gasteiger partial charge is 0.324 e. The molecule has 0 aliphatic heterocycles. The first-order valence-electron chi connectivity index (χ1n) is 9.50. The number of Topliss-reactive ketones (excluding diaryl/α,β-unsaturated/α-hetero) is 2. The van der Waals surface area contributed by atoms with Crippen molar-refractivity contribution < 1.29 is 33.6 Å². The molecule has 0 aliphatic carbocycles. The fourth-order valence-electron chi connectivity index (χ4n) is 3.02. The lowest BCUT2D eigenvalue weighted by Gasteiger charge is -2.32. The maximum atomic E-state index is 13.1. The molecule has 30 heavy (non-hydrogen) atoms. The van der Waals surface area contributed by atoms with Gasteiger partial charge in [-0.25, -0.2) is 0 Å². The van der Waals surface area contributed by atoms with Crippen LogP contribution < -0.4 is 0 Å². The van der Waals surface area contributed by atoms with E-state index in [1.807, 2.05) is 0 Å². The quantitative estimate of drug-likeness (QED) is 0.244. The number of hydrogen-bond acceptors (Lipinski definition) is 8. The van der Waals surface area contributed by atoms with Crippen LogP contribution >= 0.6 is 0 Å². The van der Waals surface area contributed by atoms with Crippen molar-refractivity contribution in [2.75, 3.05) is 0 Å². The van der Waals surface area contributed by atoms with Gasteiger partial charge in [0.25, 0.3) is 5.69 Å². The molecule has 0 spiro atoms. The Hall–Kier alpha value is -3.10. The summed E-state index contributed by atoms with van der Waals surface area (Å²) >= 11 is 0. The van der Waals surface area contributed by atoms with E-state index in [9.17, 15) is 29.3 Å². The number of carbonyl (C=O) groups excluding carboxylic acids is 4. The normalized spacial score (nSPS) is 14.0. The molecule has 0 saturated carbocycles. The first kappa shape index (κ1) is 24.9. The molecule has 0 aliphatic rings. The third-order valence-electron chi connectivity index (χ3n) is 4.48. The molecule has 1 rings (SSSR count). The third-order valence-corrected chi connectivity index (χ3v) is 4.48. The number of rotatable bonds is 10. The Bertz CT molecular complexity index is 845. The van der Waals surface area contributed by atoms with Crippen LogP contribution in [-0.4, -0.2) is 40.6 Å². The zero-order valence-corrected chi connectivity index (χ0v) is 18.0. The minimum absolute atomic E-state index is 0.0292. The molecule has 164 valence electrons. The van der Waals surface area contributed by atoms with Crippen LogP contribution in [0.1, 0.15) is 53.5 Å². The van der Waals surface area contributed by atoms with Crippen LogP contribution in [0.15, 0.2) is 24.3 Å². The largest absolute Gasteiger partial charge is 0.462 e. The van der Waals surface area contributed by atoms with Crippen LogP contribution in [-0.2, 0) is 34.1 Å². The number of esters is 2. The SMILES string of the molecule is CC(=O)[C@H](C[C@@](C(C)=O)(C(=O)OC(C)C)c1cccc([N+](=O)[O-])c1)C(=O)OC(C)C. The van der Waals surface area contributed by atoms with E-state index in [0.29, 0.717) is 0 Å². The van der Waals surface area contributed by atoms with Crippen LogP contribution in [0.4, 0.5) is 5.69 Å². The zero-order valence-electron chi connectivity index (χ0n) is 18.0. The highest BCUT2D eigenvalue weighted by atomic mass is 16.6. The second-order valence-electron chi connectivity index (χ2n) is 7.58. The van der Waals surface area contributed by atoms with Gasteiger partial charge >= 0.3 is 11.9 Å². The first-order chi connectivity index (χ1) is 13.8. The van der Waals surface area contributed by atoms with Crippen molar-refractivity contribution in [3.8, 4) is 0 Å². The monoisotopic (exact) mass is 421 g/mol. The van der Waals surface area contributed by atoms with Crippen LogP contribution in [0.25, 0.3) is 0 Å². The molecule has 9 heteroatoms. The molecular formula is C21H27NO8. The number of hydrogen-bond donors (Lipinski definition) is 0. The Labute approximate surface area is 174 Å². The van der Waals surface area contributed by atoms with Crippen molar-refractivity contribution in [1.82, 2.24) is 0 Å². The molecule has 9 nitrogen and oxygen atoms in total. The maximum Gasteiger partial charge on any atom is 0.324 e. The van der Waals surface area contributed by atoms with E-state index >= 15 is 0 Å². The van der Waals surface area contributed by atoms with Gasteiger partial charge in [-0.15, -0.1) is 0 Å². The summed E-state index contributed by atoms with van der Waals surface area (Å²) in [6, 6.07) is 4.97. The van der Waals surface area contributed by atoms with Crippen molar-refractivity contribution in [3.05, 3.63) is 39.9 Å². The predicted molar refractivity (Wildman–Crippen MR) is 107 cm³/mol. The summed E-state index contributed by atoms with van der Waals surface area (Å²) in [6.45, 7) is 8.61. The van der Waals surface area contributed by atoms with E-state index in [1.54, 1.807) is 27.7 Å². The molecule has 2 atom stereocenters. The van der Waals surface area contributed by atoms with Gasteiger partial charge in [0.15, 0.2) is 11.2 Å². The molecule has 0 heterocycles. The summed E-state index contributed by atoms with van der Waals surface area (Å²) < 4.78 is 10.4. The fourth-order valence-corrected chi connectivity index (χ4v) is 3.02. The van der Waals surface area contributed by atoms with Gasteiger partial charge in [0.2, 0.25) is 0 Å². The van der Waals surface area contributed by atoms with Crippen LogP contribution in [0.2, 0.25) is 0 Å². The van der Waals surface area contributed by atoms with Gasteiger partial charge in [-0.2, -0.15) is 0 Å². The number of ether oxygens (including phenoxy) is 2. The van der Waals surface area contributed by atoms with Crippen molar-refractivity contribution in [1.29, 1.82) is 0 Å². The number of benzene rings is 1. The third kappa shape index (κ3) is 5.71. The highest BCUT2D eigenvalue weighted by Gasteiger charge is 2.51. The molecule has 1 aromatic carbocycles. The zero-order chi connectivity index (χ0) is 23.2. The number of nitro groups is 1. The Morgan fingerprint density at radius 2 is 1.60 bits per heavy atom. The van der Waals surface area contributed by atoms with Crippen molar-refractivity contribution in [2.24, 2.45) is 5.92 Å². The summed E-state index contributed by atoms with van der Waals surface area (Å²) in [5, 5.41) is 11.2. The van der Waals surface area contributed by atoms with Gasteiger partial charge in [-0.3, -0.25) is 29.3 Å². The van der Waals surface area contributed by atoms with Gasteiger partial charge in [0.1, 0.15) is 11.7 Å². The molecule has 0 amide bonds. The van der Waals surface area contributed by atoms with E-state index in [0.717, 1.165) is 19.9 Å². The highest BCUT2D eigenvalue weighted by Crippen LogP contribution is 2.37. The van der Waals surface area contributed by atoms with Gasteiger partial charge in [0, 0.05) is 12.1 Å².